The molecule has 0 spiro atoms. The van der Waals surface area contributed by atoms with Crippen LogP contribution >= 0.6 is 0 Å². The topological polar surface area (TPSA) is 30.7 Å². The number of aryl methyl sites for hydroxylation is 2. The molecule has 15 heavy (non-hydrogen) atoms. The van der Waals surface area contributed by atoms with Gasteiger partial charge in [-0.25, -0.2) is 4.98 Å². The van der Waals surface area contributed by atoms with Crippen molar-refractivity contribution in [2.45, 2.75) is 33.1 Å². The van der Waals surface area contributed by atoms with Crippen molar-refractivity contribution in [3.05, 3.63) is 23.8 Å². The standard InChI is InChI=1S/C12H17N3/c1-5-10-14-12-9(15(10)4)6-7-13-11(12)8(2)3/h6-8H,5H2,1-4H3. The second kappa shape index (κ2) is 3.65. The smallest absolute Gasteiger partial charge is 0.111 e. The molecule has 3 heteroatoms. The molecule has 0 aliphatic carbocycles. The highest BCUT2D eigenvalue weighted by atomic mass is 15.1. The van der Waals surface area contributed by atoms with Crippen LogP contribution in [-0.2, 0) is 13.5 Å². The summed E-state index contributed by atoms with van der Waals surface area (Å²) in [5, 5.41) is 0. The summed E-state index contributed by atoms with van der Waals surface area (Å²) in [6.45, 7) is 6.44. The van der Waals surface area contributed by atoms with E-state index in [2.05, 4.69) is 42.4 Å². The van der Waals surface area contributed by atoms with Gasteiger partial charge in [-0.2, -0.15) is 0 Å². The van der Waals surface area contributed by atoms with Crippen molar-refractivity contribution >= 4 is 11.0 Å². The summed E-state index contributed by atoms with van der Waals surface area (Å²) in [5.74, 6) is 1.55. The molecule has 0 bridgehead atoms. The van der Waals surface area contributed by atoms with E-state index >= 15 is 0 Å². The Morgan fingerprint density at radius 2 is 2.13 bits per heavy atom. The number of fused-ring (bicyclic) bond motifs is 1. The monoisotopic (exact) mass is 203 g/mol. The SMILES string of the molecule is CCc1nc2c(C(C)C)nccc2n1C. The summed E-state index contributed by atoms with van der Waals surface area (Å²) in [6, 6.07) is 2.04. The van der Waals surface area contributed by atoms with E-state index in [0.29, 0.717) is 5.92 Å². The maximum atomic E-state index is 4.65. The minimum atomic E-state index is 0.424. The Bertz CT molecular complexity index is 483. The van der Waals surface area contributed by atoms with Gasteiger partial charge in [-0.15, -0.1) is 0 Å². The van der Waals surface area contributed by atoms with E-state index in [9.17, 15) is 0 Å². The van der Waals surface area contributed by atoms with Crippen LogP contribution in [0.1, 0.15) is 38.2 Å². The molecule has 0 radical (unpaired) electrons. The van der Waals surface area contributed by atoms with Crippen LogP contribution in [0.4, 0.5) is 0 Å². The number of pyridine rings is 1. The molecule has 3 nitrogen and oxygen atoms in total. The van der Waals surface area contributed by atoms with Crippen molar-refractivity contribution in [3.8, 4) is 0 Å². The Balaban J connectivity index is 2.76. The number of imidazole rings is 1. The maximum absolute atomic E-state index is 4.65. The lowest BCUT2D eigenvalue weighted by molar-refractivity contribution is 0.826. The minimum Gasteiger partial charge on any atom is -0.331 e. The number of aromatic nitrogens is 3. The Morgan fingerprint density at radius 1 is 1.40 bits per heavy atom. The molecule has 0 aromatic carbocycles. The minimum absolute atomic E-state index is 0.424. The van der Waals surface area contributed by atoms with E-state index in [0.717, 1.165) is 23.5 Å². The van der Waals surface area contributed by atoms with Gasteiger partial charge >= 0.3 is 0 Å². The zero-order chi connectivity index (χ0) is 11.0. The molecule has 0 N–H and O–H groups in total. The van der Waals surface area contributed by atoms with E-state index in [1.54, 1.807) is 0 Å². The van der Waals surface area contributed by atoms with E-state index < -0.39 is 0 Å². The summed E-state index contributed by atoms with van der Waals surface area (Å²) in [7, 11) is 2.07. The van der Waals surface area contributed by atoms with Crippen molar-refractivity contribution < 1.29 is 0 Å². The fourth-order valence-electron chi connectivity index (χ4n) is 1.93. The molecule has 0 unspecified atom stereocenters. The van der Waals surface area contributed by atoms with E-state index in [4.69, 9.17) is 0 Å². The first kappa shape index (κ1) is 10.1. The highest BCUT2D eigenvalue weighted by molar-refractivity contribution is 5.78. The number of hydrogen-bond acceptors (Lipinski definition) is 2. The average Bonchev–Trinajstić information content (AvgIpc) is 2.55. The fraction of sp³-hybridized carbons (Fsp3) is 0.500. The molecule has 0 amide bonds. The highest BCUT2D eigenvalue weighted by Crippen LogP contribution is 2.22. The molecule has 2 rings (SSSR count). The number of nitrogens with zero attached hydrogens (tertiary/aromatic N) is 3. The van der Waals surface area contributed by atoms with Gasteiger partial charge in [-0.1, -0.05) is 20.8 Å². The van der Waals surface area contributed by atoms with Crippen molar-refractivity contribution in [1.82, 2.24) is 14.5 Å². The lowest BCUT2D eigenvalue weighted by Crippen LogP contribution is -1.95. The second-order valence-corrected chi connectivity index (χ2v) is 4.16. The lowest BCUT2D eigenvalue weighted by atomic mass is 10.1. The molecular weight excluding hydrogens is 186 g/mol. The molecule has 0 saturated heterocycles. The third kappa shape index (κ3) is 1.52. The van der Waals surface area contributed by atoms with E-state index in [1.807, 2.05) is 12.3 Å². The third-order valence-electron chi connectivity index (χ3n) is 2.78. The Hall–Kier alpha value is -1.38. The number of hydrogen-bond donors (Lipinski definition) is 0. The van der Waals surface area contributed by atoms with Gasteiger partial charge in [0.25, 0.3) is 0 Å². The summed E-state index contributed by atoms with van der Waals surface area (Å²) >= 11 is 0. The normalized spacial score (nSPS) is 11.5. The van der Waals surface area contributed by atoms with Crippen molar-refractivity contribution in [2.24, 2.45) is 7.05 Å². The Labute approximate surface area is 90.2 Å². The van der Waals surface area contributed by atoms with Gasteiger partial charge in [0.2, 0.25) is 0 Å². The molecule has 0 aliphatic rings. The van der Waals surface area contributed by atoms with E-state index in [-0.39, 0.29) is 0 Å². The van der Waals surface area contributed by atoms with Gasteiger partial charge in [-0.05, 0) is 12.0 Å². The van der Waals surface area contributed by atoms with Crippen molar-refractivity contribution in [3.63, 3.8) is 0 Å². The summed E-state index contributed by atoms with van der Waals surface area (Å²) in [5.41, 5.74) is 3.35. The van der Waals surface area contributed by atoms with Crippen LogP contribution in [0.3, 0.4) is 0 Å². The zero-order valence-electron chi connectivity index (χ0n) is 9.78. The second-order valence-electron chi connectivity index (χ2n) is 4.16. The molecule has 0 atom stereocenters. The Kier molecular flexibility index (Phi) is 2.47. The van der Waals surface area contributed by atoms with Crippen LogP contribution in [0, 0.1) is 0 Å². The van der Waals surface area contributed by atoms with Crippen LogP contribution in [0.2, 0.25) is 0 Å². The van der Waals surface area contributed by atoms with Crippen LogP contribution in [0.15, 0.2) is 12.3 Å². The van der Waals surface area contributed by atoms with Crippen LogP contribution in [0.5, 0.6) is 0 Å². The summed E-state index contributed by atoms with van der Waals surface area (Å²) < 4.78 is 2.16. The predicted octanol–water partition coefficient (Wildman–Crippen LogP) is 2.65. The first-order chi connectivity index (χ1) is 7.15. The van der Waals surface area contributed by atoms with Gasteiger partial charge in [-0.3, -0.25) is 4.98 Å². The van der Waals surface area contributed by atoms with Gasteiger partial charge in [0.15, 0.2) is 0 Å². The molecule has 2 aromatic heterocycles. The van der Waals surface area contributed by atoms with Gasteiger partial charge < -0.3 is 4.57 Å². The highest BCUT2D eigenvalue weighted by Gasteiger charge is 2.12. The molecule has 0 aliphatic heterocycles. The average molecular weight is 203 g/mol. The molecule has 2 heterocycles. The van der Waals surface area contributed by atoms with E-state index in [1.165, 1.54) is 5.52 Å². The first-order valence-electron chi connectivity index (χ1n) is 5.45. The lowest BCUT2D eigenvalue weighted by Gasteiger charge is -2.04. The maximum Gasteiger partial charge on any atom is 0.111 e. The zero-order valence-corrected chi connectivity index (χ0v) is 9.78. The molecule has 80 valence electrons. The van der Waals surface area contributed by atoms with Gasteiger partial charge in [0.05, 0.1) is 11.2 Å². The quantitative estimate of drug-likeness (QED) is 0.751. The predicted molar refractivity (Wildman–Crippen MR) is 62.0 cm³/mol. The number of rotatable bonds is 2. The largest absolute Gasteiger partial charge is 0.331 e. The first-order valence-corrected chi connectivity index (χ1v) is 5.45. The third-order valence-corrected chi connectivity index (χ3v) is 2.78. The summed E-state index contributed by atoms with van der Waals surface area (Å²) in [4.78, 5) is 9.07. The van der Waals surface area contributed by atoms with Gasteiger partial charge in [0.1, 0.15) is 11.3 Å². The summed E-state index contributed by atoms with van der Waals surface area (Å²) in [6.07, 6.45) is 2.83. The van der Waals surface area contributed by atoms with Crippen LogP contribution < -0.4 is 0 Å². The van der Waals surface area contributed by atoms with Crippen LogP contribution in [0.25, 0.3) is 11.0 Å². The fourth-order valence-corrected chi connectivity index (χ4v) is 1.93. The van der Waals surface area contributed by atoms with Crippen molar-refractivity contribution in [1.29, 1.82) is 0 Å². The molecular formula is C12H17N3. The van der Waals surface area contributed by atoms with Crippen molar-refractivity contribution in [2.75, 3.05) is 0 Å². The van der Waals surface area contributed by atoms with Crippen LogP contribution in [-0.4, -0.2) is 14.5 Å². The van der Waals surface area contributed by atoms with Gasteiger partial charge in [0, 0.05) is 19.7 Å². The Morgan fingerprint density at radius 3 is 2.73 bits per heavy atom. The molecule has 0 fully saturated rings. The molecule has 2 aromatic rings. The molecule has 0 saturated carbocycles.